The van der Waals surface area contributed by atoms with Gasteiger partial charge in [0.2, 0.25) is 0 Å². The second kappa shape index (κ2) is 5.38. The smallest absolute Gasteiger partial charge is 0.120 e. The van der Waals surface area contributed by atoms with E-state index in [0.29, 0.717) is 23.8 Å². The summed E-state index contributed by atoms with van der Waals surface area (Å²) < 4.78 is 0. The molecule has 0 amide bonds. The summed E-state index contributed by atoms with van der Waals surface area (Å²) in [4.78, 5) is 2.45. The topological polar surface area (TPSA) is 35.5 Å². The Morgan fingerprint density at radius 3 is 2.85 bits per heavy atom. The van der Waals surface area contributed by atoms with Crippen LogP contribution in [0.25, 0.3) is 0 Å². The monoisotopic (exact) mass is 274 g/mol. The molecule has 0 aromatic heterocycles. The molecule has 1 aromatic carbocycles. The fraction of sp³-hybridized carbons (Fsp3) is 0.647. The van der Waals surface area contributed by atoms with E-state index >= 15 is 0 Å². The third-order valence-corrected chi connectivity index (χ3v) is 5.18. The zero-order valence-corrected chi connectivity index (χ0v) is 12.8. The highest BCUT2D eigenvalue weighted by atomic mass is 16.3. The molecule has 1 heterocycles. The molecule has 110 valence electrons. The number of aryl methyl sites for hydroxylation is 1. The predicted molar refractivity (Wildman–Crippen MR) is 82.3 cm³/mol. The summed E-state index contributed by atoms with van der Waals surface area (Å²) in [6.45, 7) is 6.67. The number of nitrogens with one attached hydrogen (secondary N) is 1. The van der Waals surface area contributed by atoms with Gasteiger partial charge in [-0.2, -0.15) is 0 Å². The molecule has 3 nitrogen and oxygen atoms in total. The number of likely N-dealkylation sites (N-methyl/N-ethyl adjacent to an activating group) is 1. The van der Waals surface area contributed by atoms with Crippen LogP contribution in [0.3, 0.4) is 0 Å². The van der Waals surface area contributed by atoms with Crippen molar-refractivity contribution in [1.82, 2.24) is 10.2 Å². The summed E-state index contributed by atoms with van der Waals surface area (Å²) in [5, 5.41) is 13.9. The number of phenols is 1. The fourth-order valence-corrected chi connectivity index (χ4v) is 4.04. The lowest BCUT2D eigenvalue weighted by Gasteiger charge is -2.23. The van der Waals surface area contributed by atoms with Crippen molar-refractivity contribution in [2.75, 3.05) is 20.1 Å². The van der Waals surface area contributed by atoms with Crippen LogP contribution in [-0.2, 0) is 0 Å². The molecular weight excluding hydrogens is 248 g/mol. The van der Waals surface area contributed by atoms with Gasteiger partial charge in [0.05, 0.1) is 0 Å². The van der Waals surface area contributed by atoms with Gasteiger partial charge in [-0.25, -0.2) is 0 Å². The van der Waals surface area contributed by atoms with Crippen LogP contribution in [0.1, 0.15) is 54.8 Å². The van der Waals surface area contributed by atoms with E-state index in [9.17, 15) is 5.11 Å². The first-order valence-electron chi connectivity index (χ1n) is 7.84. The second-order valence-electron chi connectivity index (χ2n) is 6.60. The standard InChI is InChI=1S/C17H26N2O/c1-11-6-7-15(20)17-14(9-12(2)16(11)17)18-10-13-5-4-8-19(13)3/h6-7,12-14,18,20H,4-5,8-10H2,1-3H3. The van der Waals surface area contributed by atoms with E-state index in [1.54, 1.807) is 0 Å². The fourth-order valence-electron chi connectivity index (χ4n) is 4.04. The Labute approximate surface area is 122 Å². The number of hydrogen-bond acceptors (Lipinski definition) is 3. The van der Waals surface area contributed by atoms with Crippen molar-refractivity contribution in [3.63, 3.8) is 0 Å². The zero-order chi connectivity index (χ0) is 14.3. The Hall–Kier alpha value is -1.06. The van der Waals surface area contributed by atoms with Gasteiger partial charge in [0.25, 0.3) is 0 Å². The molecule has 0 bridgehead atoms. The van der Waals surface area contributed by atoms with Gasteiger partial charge in [-0.05, 0) is 62.9 Å². The zero-order valence-electron chi connectivity index (χ0n) is 12.8. The molecule has 20 heavy (non-hydrogen) atoms. The summed E-state index contributed by atoms with van der Waals surface area (Å²) in [5.74, 6) is 1.00. The van der Waals surface area contributed by atoms with E-state index in [0.717, 1.165) is 18.5 Å². The number of rotatable bonds is 3. The molecule has 3 rings (SSSR count). The van der Waals surface area contributed by atoms with E-state index in [-0.39, 0.29) is 0 Å². The highest BCUT2D eigenvalue weighted by Crippen LogP contribution is 2.45. The summed E-state index contributed by atoms with van der Waals surface area (Å²) >= 11 is 0. The first-order valence-corrected chi connectivity index (χ1v) is 7.84. The molecule has 0 radical (unpaired) electrons. The van der Waals surface area contributed by atoms with Crippen molar-refractivity contribution in [2.45, 2.75) is 51.1 Å². The van der Waals surface area contributed by atoms with E-state index in [2.05, 4.69) is 31.1 Å². The van der Waals surface area contributed by atoms with Crippen LogP contribution in [0.4, 0.5) is 0 Å². The van der Waals surface area contributed by atoms with Gasteiger partial charge in [-0.3, -0.25) is 0 Å². The van der Waals surface area contributed by atoms with Gasteiger partial charge in [0.1, 0.15) is 5.75 Å². The maximum absolute atomic E-state index is 10.2. The largest absolute Gasteiger partial charge is 0.508 e. The Bertz CT molecular complexity index is 500. The molecule has 3 unspecified atom stereocenters. The Morgan fingerprint density at radius 1 is 1.35 bits per heavy atom. The lowest BCUT2D eigenvalue weighted by Crippen LogP contribution is -2.36. The van der Waals surface area contributed by atoms with Crippen molar-refractivity contribution in [3.8, 4) is 5.75 Å². The molecule has 1 aromatic rings. The van der Waals surface area contributed by atoms with Crippen LogP contribution in [0.5, 0.6) is 5.75 Å². The van der Waals surface area contributed by atoms with Crippen LogP contribution in [-0.4, -0.2) is 36.2 Å². The Balaban J connectivity index is 1.76. The van der Waals surface area contributed by atoms with E-state index in [1.165, 1.54) is 30.5 Å². The summed E-state index contributed by atoms with van der Waals surface area (Å²) in [6.07, 6.45) is 3.70. The van der Waals surface area contributed by atoms with E-state index < -0.39 is 0 Å². The Kier molecular flexibility index (Phi) is 3.74. The highest BCUT2D eigenvalue weighted by Gasteiger charge is 2.32. The first kappa shape index (κ1) is 13.9. The van der Waals surface area contributed by atoms with Crippen LogP contribution < -0.4 is 5.32 Å². The third-order valence-electron chi connectivity index (χ3n) is 5.18. The lowest BCUT2D eigenvalue weighted by molar-refractivity contribution is 0.289. The van der Waals surface area contributed by atoms with Crippen molar-refractivity contribution in [2.24, 2.45) is 0 Å². The molecule has 2 N–H and O–H groups in total. The van der Waals surface area contributed by atoms with Crippen LogP contribution in [0.15, 0.2) is 12.1 Å². The number of phenolic OH excluding ortho intramolecular Hbond substituents is 1. The SMILES string of the molecule is Cc1ccc(O)c2c1C(C)CC2NCC1CCCN1C. The minimum atomic E-state index is 0.314. The Morgan fingerprint density at radius 2 is 2.15 bits per heavy atom. The quantitative estimate of drug-likeness (QED) is 0.889. The number of aromatic hydroxyl groups is 1. The number of likely N-dealkylation sites (tertiary alicyclic amines) is 1. The number of nitrogens with zero attached hydrogens (tertiary/aromatic N) is 1. The van der Waals surface area contributed by atoms with Crippen molar-refractivity contribution in [3.05, 3.63) is 28.8 Å². The van der Waals surface area contributed by atoms with Gasteiger partial charge < -0.3 is 15.3 Å². The third kappa shape index (κ3) is 2.33. The summed E-state index contributed by atoms with van der Waals surface area (Å²) in [6, 6.07) is 4.86. The average molecular weight is 274 g/mol. The maximum atomic E-state index is 10.2. The van der Waals surface area contributed by atoms with Crippen LogP contribution >= 0.6 is 0 Å². The predicted octanol–water partition coefficient (Wildman–Crippen LogP) is 2.93. The maximum Gasteiger partial charge on any atom is 0.120 e. The molecule has 0 spiro atoms. The molecule has 3 heteroatoms. The first-order chi connectivity index (χ1) is 9.58. The number of hydrogen-bond donors (Lipinski definition) is 2. The van der Waals surface area contributed by atoms with Crippen molar-refractivity contribution >= 4 is 0 Å². The van der Waals surface area contributed by atoms with E-state index in [4.69, 9.17) is 0 Å². The summed E-state index contributed by atoms with van der Waals surface area (Å²) in [5.41, 5.74) is 3.83. The van der Waals surface area contributed by atoms with Gasteiger partial charge in [-0.1, -0.05) is 13.0 Å². The van der Waals surface area contributed by atoms with Crippen LogP contribution in [0.2, 0.25) is 0 Å². The number of benzene rings is 1. The molecule has 2 aliphatic rings. The molecular formula is C17H26N2O. The summed E-state index contributed by atoms with van der Waals surface area (Å²) in [7, 11) is 2.21. The molecule has 0 saturated carbocycles. The van der Waals surface area contributed by atoms with Gasteiger partial charge in [-0.15, -0.1) is 0 Å². The molecule has 1 aliphatic heterocycles. The van der Waals surface area contributed by atoms with E-state index in [1.807, 2.05) is 12.1 Å². The van der Waals surface area contributed by atoms with Gasteiger partial charge in [0.15, 0.2) is 0 Å². The molecule has 3 atom stereocenters. The van der Waals surface area contributed by atoms with Gasteiger partial charge in [0, 0.05) is 24.2 Å². The van der Waals surface area contributed by atoms with Crippen molar-refractivity contribution in [1.29, 1.82) is 0 Å². The van der Waals surface area contributed by atoms with Crippen molar-refractivity contribution < 1.29 is 5.11 Å². The van der Waals surface area contributed by atoms with Gasteiger partial charge >= 0.3 is 0 Å². The average Bonchev–Trinajstić information content (AvgIpc) is 2.96. The molecule has 1 fully saturated rings. The van der Waals surface area contributed by atoms with Crippen LogP contribution in [0, 0.1) is 6.92 Å². The highest BCUT2D eigenvalue weighted by molar-refractivity contribution is 5.50. The minimum Gasteiger partial charge on any atom is -0.508 e. The number of fused-ring (bicyclic) bond motifs is 1. The minimum absolute atomic E-state index is 0.314. The second-order valence-corrected chi connectivity index (χ2v) is 6.60. The molecule has 1 aliphatic carbocycles. The normalized spacial score (nSPS) is 29.9. The lowest BCUT2D eigenvalue weighted by atomic mass is 9.97. The molecule has 1 saturated heterocycles.